The second-order valence-corrected chi connectivity index (χ2v) is 8.60. The van der Waals surface area contributed by atoms with Crippen LogP contribution >= 0.6 is 0 Å². The molecular weight excluding hydrogens is 400 g/mol. The van der Waals surface area contributed by atoms with Crippen LogP contribution in [0.15, 0.2) is 64.8 Å². The van der Waals surface area contributed by atoms with Crippen LogP contribution in [0, 0.1) is 5.92 Å². The molecule has 2 heterocycles. The van der Waals surface area contributed by atoms with E-state index in [0.29, 0.717) is 24.2 Å². The molecule has 0 spiro atoms. The molecule has 1 aliphatic rings. The Hall–Kier alpha value is -3.41. The molecule has 4 rings (SSSR count). The van der Waals surface area contributed by atoms with E-state index >= 15 is 0 Å². The molecular formula is C26H30N4O2. The summed E-state index contributed by atoms with van der Waals surface area (Å²) in [5, 5.41) is 7.40. The number of urea groups is 1. The van der Waals surface area contributed by atoms with Crippen LogP contribution in [0.2, 0.25) is 0 Å². The lowest BCUT2D eigenvalue weighted by molar-refractivity contribution is 0.202. The van der Waals surface area contributed by atoms with Crippen molar-refractivity contribution in [1.29, 1.82) is 0 Å². The van der Waals surface area contributed by atoms with Gasteiger partial charge < -0.3 is 9.84 Å². The van der Waals surface area contributed by atoms with E-state index in [4.69, 9.17) is 9.51 Å². The lowest BCUT2D eigenvalue weighted by Crippen LogP contribution is -2.46. The standard InChI is InChI=1S/C26H30N4O2/c1-5-19-11-13-21(14-12-19)24-28-25(32-29-24)22-18(4)30(16-15-17(2)3)26(31)27-23(22)20-9-7-6-8-10-20/h6-14,17,23H,5,15-16H2,1-4H3,(H,27,31). The zero-order valence-electron chi connectivity index (χ0n) is 19.1. The fourth-order valence-electron chi connectivity index (χ4n) is 3.95. The van der Waals surface area contributed by atoms with E-state index < -0.39 is 0 Å². The van der Waals surface area contributed by atoms with E-state index in [-0.39, 0.29) is 12.1 Å². The molecule has 0 fully saturated rings. The van der Waals surface area contributed by atoms with Crippen LogP contribution in [0.1, 0.15) is 57.2 Å². The molecule has 6 heteroatoms. The first kappa shape index (κ1) is 21.8. The fourth-order valence-corrected chi connectivity index (χ4v) is 3.95. The van der Waals surface area contributed by atoms with Gasteiger partial charge >= 0.3 is 6.03 Å². The fraction of sp³-hybridized carbons (Fsp3) is 0.346. The molecule has 1 N–H and O–H groups in total. The highest BCUT2D eigenvalue weighted by molar-refractivity contribution is 5.86. The van der Waals surface area contributed by atoms with E-state index in [1.165, 1.54) is 5.56 Å². The van der Waals surface area contributed by atoms with E-state index in [9.17, 15) is 4.79 Å². The molecule has 6 nitrogen and oxygen atoms in total. The highest BCUT2D eigenvalue weighted by Gasteiger charge is 2.35. The predicted molar refractivity (Wildman–Crippen MR) is 126 cm³/mol. The summed E-state index contributed by atoms with van der Waals surface area (Å²) in [5.41, 5.74) is 4.83. The Kier molecular flexibility index (Phi) is 6.40. The number of hydrogen-bond acceptors (Lipinski definition) is 4. The lowest BCUT2D eigenvalue weighted by Gasteiger charge is -2.35. The molecule has 1 aliphatic heterocycles. The van der Waals surface area contributed by atoms with Crippen molar-refractivity contribution in [2.45, 2.75) is 46.6 Å². The highest BCUT2D eigenvalue weighted by Crippen LogP contribution is 2.37. The van der Waals surface area contributed by atoms with E-state index in [2.05, 4.69) is 43.4 Å². The van der Waals surface area contributed by atoms with Crippen LogP contribution in [0.25, 0.3) is 17.0 Å². The summed E-state index contributed by atoms with van der Waals surface area (Å²) in [7, 11) is 0. The van der Waals surface area contributed by atoms with Crippen molar-refractivity contribution in [1.82, 2.24) is 20.4 Å². The van der Waals surface area contributed by atoms with Gasteiger partial charge in [0.05, 0.1) is 11.6 Å². The van der Waals surface area contributed by atoms with Crippen molar-refractivity contribution in [2.24, 2.45) is 5.92 Å². The van der Waals surface area contributed by atoms with Gasteiger partial charge in [-0.05, 0) is 36.8 Å². The number of nitrogens with zero attached hydrogens (tertiary/aromatic N) is 3. The number of allylic oxidation sites excluding steroid dienone is 1. The van der Waals surface area contributed by atoms with E-state index in [0.717, 1.165) is 35.2 Å². The molecule has 0 aliphatic carbocycles. The van der Waals surface area contributed by atoms with Crippen molar-refractivity contribution < 1.29 is 9.32 Å². The third-order valence-corrected chi connectivity index (χ3v) is 5.94. The molecule has 0 saturated carbocycles. The Balaban J connectivity index is 1.75. The van der Waals surface area contributed by atoms with Gasteiger partial charge in [0.25, 0.3) is 5.89 Å². The van der Waals surface area contributed by atoms with Gasteiger partial charge in [-0.1, -0.05) is 80.5 Å². The van der Waals surface area contributed by atoms with Gasteiger partial charge in [0, 0.05) is 17.8 Å². The number of rotatable bonds is 7. The molecule has 3 aromatic rings. The number of carbonyl (C=O) groups excluding carboxylic acids is 1. The van der Waals surface area contributed by atoms with Gasteiger partial charge in [-0.3, -0.25) is 4.90 Å². The normalized spacial score (nSPS) is 16.6. The summed E-state index contributed by atoms with van der Waals surface area (Å²) in [6.45, 7) is 9.04. The van der Waals surface area contributed by atoms with E-state index in [1.807, 2.05) is 49.4 Å². The third-order valence-electron chi connectivity index (χ3n) is 5.94. The summed E-state index contributed by atoms with van der Waals surface area (Å²) in [6, 6.07) is 17.6. The third kappa shape index (κ3) is 4.44. The van der Waals surface area contributed by atoms with Crippen molar-refractivity contribution in [3.8, 4) is 11.4 Å². The molecule has 2 amide bonds. The molecule has 1 atom stereocenters. The molecule has 2 aromatic carbocycles. The first-order valence-corrected chi connectivity index (χ1v) is 11.2. The Labute approximate surface area is 189 Å². The Morgan fingerprint density at radius 1 is 1.09 bits per heavy atom. The quantitative estimate of drug-likeness (QED) is 0.511. The van der Waals surface area contributed by atoms with Crippen LogP contribution in [0.5, 0.6) is 0 Å². The maximum absolute atomic E-state index is 13.0. The summed E-state index contributed by atoms with van der Waals surface area (Å²) < 4.78 is 5.75. The van der Waals surface area contributed by atoms with Crippen LogP contribution in [-0.2, 0) is 6.42 Å². The minimum absolute atomic E-state index is 0.101. The van der Waals surface area contributed by atoms with Gasteiger partial charge in [0.15, 0.2) is 0 Å². The smallest absolute Gasteiger partial charge is 0.322 e. The number of aromatic nitrogens is 2. The first-order chi connectivity index (χ1) is 15.5. The Morgan fingerprint density at radius 2 is 1.81 bits per heavy atom. The van der Waals surface area contributed by atoms with Gasteiger partial charge in [0.1, 0.15) is 0 Å². The number of carbonyl (C=O) groups is 1. The number of nitrogens with one attached hydrogen (secondary N) is 1. The van der Waals surface area contributed by atoms with Crippen LogP contribution in [0.3, 0.4) is 0 Å². The van der Waals surface area contributed by atoms with Crippen LogP contribution in [-0.4, -0.2) is 27.6 Å². The largest absolute Gasteiger partial charge is 0.334 e. The van der Waals surface area contributed by atoms with Gasteiger partial charge in [-0.15, -0.1) is 0 Å². The summed E-state index contributed by atoms with van der Waals surface area (Å²) in [5.74, 6) is 1.47. The predicted octanol–water partition coefficient (Wildman–Crippen LogP) is 5.84. The topological polar surface area (TPSA) is 71.3 Å². The number of hydrogen-bond donors (Lipinski definition) is 1. The Morgan fingerprint density at radius 3 is 2.47 bits per heavy atom. The van der Waals surface area contributed by atoms with E-state index in [1.54, 1.807) is 4.90 Å². The molecule has 166 valence electrons. The molecule has 1 unspecified atom stereocenters. The minimum atomic E-state index is -0.352. The van der Waals surface area contributed by atoms with Crippen molar-refractivity contribution in [3.63, 3.8) is 0 Å². The van der Waals surface area contributed by atoms with Crippen molar-refractivity contribution in [3.05, 3.63) is 77.3 Å². The van der Waals surface area contributed by atoms with Gasteiger partial charge in [-0.25, -0.2) is 4.79 Å². The monoisotopic (exact) mass is 430 g/mol. The van der Waals surface area contributed by atoms with Crippen LogP contribution in [0.4, 0.5) is 4.79 Å². The number of benzene rings is 2. The van der Waals surface area contributed by atoms with Crippen LogP contribution < -0.4 is 5.32 Å². The summed E-state index contributed by atoms with van der Waals surface area (Å²) in [6.07, 6.45) is 1.89. The average Bonchev–Trinajstić information content (AvgIpc) is 3.28. The zero-order valence-corrected chi connectivity index (χ0v) is 19.1. The Bertz CT molecular complexity index is 1100. The second-order valence-electron chi connectivity index (χ2n) is 8.60. The summed E-state index contributed by atoms with van der Waals surface area (Å²) in [4.78, 5) is 19.5. The van der Waals surface area contributed by atoms with Gasteiger partial charge in [-0.2, -0.15) is 4.98 Å². The molecule has 1 aromatic heterocycles. The van der Waals surface area contributed by atoms with Crippen molar-refractivity contribution in [2.75, 3.05) is 6.54 Å². The minimum Gasteiger partial charge on any atom is -0.334 e. The maximum Gasteiger partial charge on any atom is 0.322 e. The molecule has 32 heavy (non-hydrogen) atoms. The average molecular weight is 431 g/mol. The SMILES string of the molecule is CCc1ccc(-c2noc(C3=C(C)N(CCC(C)C)C(=O)NC3c3ccccc3)n2)cc1. The maximum atomic E-state index is 13.0. The zero-order chi connectivity index (χ0) is 22.7. The number of amides is 2. The first-order valence-electron chi connectivity index (χ1n) is 11.2. The highest BCUT2D eigenvalue weighted by atomic mass is 16.5. The lowest BCUT2D eigenvalue weighted by atomic mass is 9.94. The molecule has 0 bridgehead atoms. The second kappa shape index (κ2) is 9.39. The molecule has 0 radical (unpaired) electrons. The summed E-state index contributed by atoms with van der Waals surface area (Å²) >= 11 is 0. The van der Waals surface area contributed by atoms with Gasteiger partial charge in [0.2, 0.25) is 5.82 Å². The van der Waals surface area contributed by atoms with Crippen molar-refractivity contribution >= 4 is 11.6 Å². The molecule has 0 saturated heterocycles. The number of aryl methyl sites for hydroxylation is 1.